The van der Waals surface area contributed by atoms with Gasteiger partial charge >= 0.3 is 0 Å². The Hall–Kier alpha value is -4.66. The first-order valence-electron chi connectivity index (χ1n) is 11.7. The number of nitrogens with one attached hydrogen (secondary N) is 4. The topological polar surface area (TPSA) is 162 Å². The predicted molar refractivity (Wildman–Crippen MR) is 152 cm³/mol. The van der Waals surface area contributed by atoms with E-state index in [1.165, 1.54) is 11.3 Å². The number of thiazole rings is 2. The summed E-state index contributed by atoms with van der Waals surface area (Å²) in [6.45, 7) is 1.98. The number of methoxy groups -OCH3 is 1. The second-order valence-corrected chi connectivity index (χ2v) is 10.2. The number of H-pyrrole nitrogens is 2. The first kappa shape index (κ1) is 26.0. The van der Waals surface area contributed by atoms with Gasteiger partial charge in [0.25, 0.3) is 0 Å². The van der Waals surface area contributed by atoms with E-state index in [0.717, 1.165) is 43.2 Å². The lowest BCUT2D eigenvalue weighted by Crippen LogP contribution is -1.94. The summed E-state index contributed by atoms with van der Waals surface area (Å²) in [7, 11) is 1.59. The van der Waals surface area contributed by atoms with E-state index < -0.39 is 0 Å². The maximum atomic E-state index is 9.39. The van der Waals surface area contributed by atoms with Gasteiger partial charge in [-0.1, -0.05) is 23.5 Å². The Morgan fingerprint density at radius 1 is 0.846 bits per heavy atom. The molecule has 0 unspecified atom stereocenters. The molecule has 0 aromatic carbocycles. The molecule has 0 fully saturated rings. The van der Waals surface area contributed by atoms with E-state index in [0.29, 0.717) is 16.8 Å². The summed E-state index contributed by atoms with van der Waals surface area (Å²) in [5, 5.41) is 30.6. The van der Waals surface area contributed by atoms with E-state index in [4.69, 9.17) is 4.74 Å². The van der Waals surface area contributed by atoms with Gasteiger partial charge in [0.05, 0.1) is 42.4 Å². The highest BCUT2D eigenvalue weighted by Crippen LogP contribution is 2.32. The molecule has 0 aliphatic heterocycles. The van der Waals surface area contributed by atoms with Gasteiger partial charge in [0.1, 0.15) is 11.6 Å². The molecule has 14 heteroatoms. The molecule has 0 saturated carbocycles. The van der Waals surface area contributed by atoms with Crippen LogP contribution in [0.25, 0.3) is 22.5 Å². The van der Waals surface area contributed by atoms with Gasteiger partial charge in [0.15, 0.2) is 10.3 Å². The summed E-state index contributed by atoms with van der Waals surface area (Å²) in [5.41, 5.74) is 3.49. The zero-order valence-electron chi connectivity index (χ0n) is 20.9. The smallest absolute Gasteiger partial charge is 0.214 e. The quantitative estimate of drug-likeness (QED) is 0.168. The molecule has 6 aromatic rings. The summed E-state index contributed by atoms with van der Waals surface area (Å²) in [6.07, 6.45) is 8.72. The molecular weight excluding hydrogens is 536 g/mol. The van der Waals surface area contributed by atoms with Crippen LogP contribution < -0.4 is 15.4 Å². The third-order valence-electron chi connectivity index (χ3n) is 5.25. The fraction of sp³-hybridized carbons (Fsp3) is 0.120. The molecule has 39 heavy (non-hydrogen) atoms. The van der Waals surface area contributed by atoms with Crippen LogP contribution in [0.4, 0.5) is 21.9 Å². The Kier molecular flexibility index (Phi) is 8.16. The Labute approximate surface area is 231 Å². The van der Waals surface area contributed by atoms with Crippen LogP contribution in [0, 0.1) is 6.92 Å². The van der Waals surface area contributed by atoms with Crippen LogP contribution >= 0.6 is 22.7 Å². The van der Waals surface area contributed by atoms with Crippen LogP contribution in [-0.4, -0.2) is 52.5 Å². The summed E-state index contributed by atoms with van der Waals surface area (Å²) < 4.78 is 5.10. The average molecular weight is 561 g/mol. The number of aryl methyl sites for hydroxylation is 1. The van der Waals surface area contributed by atoms with Gasteiger partial charge in [-0.25, -0.2) is 15.0 Å². The number of aromatic amines is 2. The predicted octanol–water partition coefficient (Wildman–Crippen LogP) is 5.15. The Bertz CT molecular complexity index is 1600. The molecule has 0 atom stereocenters. The fourth-order valence-electron chi connectivity index (χ4n) is 3.47. The number of aromatic nitrogens is 8. The third-order valence-corrected chi connectivity index (χ3v) is 7.09. The maximum absolute atomic E-state index is 9.39. The molecule has 6 heterocycles. The van der Waals surface area contributed by atoms with Gasteiger partial charge < -0.3 is 20.5 Å². The van der Waals surface area contributed by atoms with E-state index >= 15 is 0 Å². The highest BCUT2D eigenvalue weighted by atomic mass is 32.1. The normalized spacial score (nSPS) is 10.5. The number of aliphatic hydroxyl groups excluding tert-OH is 1. The summed E-state index contributed by atoms with van der Waals surface area (Å²) in [5.74, 6) is 2.00. The minimum Gasteiger partial charge on any atom is -0.481 e. The molecule has 0 spiro atoms. The third kappa shape index (κ3) is 6.43. The van der Waals surface area contributed by atoms with E-state index in [1.54, 1.807) is 49.3 Å². The fourth-order valence-corrected chi connectivity index (χ4v) is 5.16. The van der Waals surface area contributed by atoms with Crippen molar-refractivity contribution in [2.45, 2.75) is 13.5 Å². The van der Waals surface area contributed by atoms with Crippen LogP contribution in [-0.2, 0) is 6.61 Å². The second-order valence-electron chi connectivity index (χ2n) is 7.88. The second kappa shape index (κ2) is 12.3. The standard InChI is InChI=1S/C13H13N5OS.C12H11N5OS/c1-8-12(9-6-14-15-7-9)18-13(20-8)17-10-4-3-5-11(16-10)19-2;18-7-9-11(8-5-14-15-6-8)17-12(19-9)16-10-3-1-2-4-13-10/h3-7H,1-2H3,(H,14,15)(H,16,17,18);1-6,18H,7H2,(H,14,15)(H,13,16,17). The van der Waals surface area contributed by atoms with Crippen LogP contribution in [0.2, 0.25) is 0 Å². The van der Waals surface area contributed by atoms with Crippen LogP contribution in [0.5, 0.6) is 5.88 Å². The number of rotatable bonds is 8. The van der Waals surface area contributed by atoms with Gasteiger partial charge in [-0.2, -0.15) is 15.2 Å². The van der Waals surface area contributed by atoms with Crippen molar-refractivity contribution in [1.29, 1.82) is 0 Å². The monoisotopic (exact) mass is 560 g/mol. The van der Waals surface area contributed by atoms with Crippen molar-refractivity contribution in [1.82, 2.24) is 40.3 Å². The minimum absolute atomic E-state index is 0.0535. The van der Waals surface area contributed by atoms with Crippen molar-refractivity contribution in [3.8, 4) is 28.4 Å². The Morgan fingerprint density at radius 2 is 1.54 bits per heavy atom. The molecule has 6 rings (SSSR count). The lowest BCUT2D eigenvalue weighted by atomic mass is 10.2. The number of pyridine rings is 2. The number of anilines is 4. The van der Waals surface area contributed by atoms with E-state index in [2.05, 4.69) is 51.0 Å². The lowest BCUT2D eigenvalue weighted by molar-refractivity contribution is 0.286. The summed E-state index contributed by atoms with van der Waals surface area (Å²) in [4.78, 5) is 19.4. The molecule has 0 bridgehead atoms. The average Bonchev–Trinajstić information content (AvgIpc) is 3.77. The van der Waals surface area contributed by atoms with Crippen molar-refractivity contribution in [2.24, 2.45) is 0 Å². The number of aliphatic hydroxyl groups is 1. The zero-order valence-corrected chi connectivity index (χ0v) is 22.5. The Morgan fingerprint density at radius 3 is 2.21 bits per heavy atom. The van der Waals surface area contributed by atoms with Crippen molar-refractivity contribution in [3.05, 3.63) is 77.1 Å². The summed E-state index contributed by atoms with van der Waals surface area (Å²) >= 11 is 2.97. The van der Waals surface area contributed by atoms with Gasteiger partial charge in [-0.15, -0.1) is 11.3 Å². The van der Waals surface area contributed by atoms with Gasteiger partial charge in [0, 0.05) is 40.7 Å². The number of ether oxygens (including phenoxy) is 1. The summed E-state index contributed by atoms with van der Waals surface area (Å²) in [6, 6.07) is 11.2. The van der Waals surface area contributed by atoms with Crippen LogP contribution in [0.3, 0.4) is 0 Å². The molecule has 0 aliphatic rings. The molecule has 0 radical (unpaired) electrons. The van der Waals surface area contributed by atoms with Crippen molar-refractivity contribution >= 4 is 44.6 Å². The van der Waals surface area contributed by atoms with E-state index in [1.807, 2.05) is 43.5 Å². The van der Waals surface area contributed by atoms with Crippen molar-refractivity contribution in [3.63, 3.8) is 0 Å². The number of hydrogen-bond donors (Lipinski definition) is 5. The largest absolute Gasteiger partial charge is 0.481 e. The van der Waals surface area contributed by atoms with Gasteiger partial charge in [0.2, 0.25) is 5.88 Å². The zero-order chi connectivity index (χ0) is 27.0. The maximum Gasteiger partial charge on any atom is 0.214 e. The first-order chi connectivity index (χ1) is 19.1. The van der Waals surface area contributed by atoms with Crippen LogP contribution in [0.15, 0.2) is 67.4 Å². The molecule has 0 amide bonds. The van der Waals surface area contributed by atoms with Gasteiger partial charge in [-0.05, 0) is 25.1 Å². The number of hydrogen-bond acceptors (Lipinski definition) is 12. The van der Waals surface area contributed by atoms with E-state index in [-0.39, 0.29) is 6.61 Å². The highest BCUT2D eigenvalue weighted by Gasteiger charge is 2.14. The number of nitrogens with zero attached hydrogens (tertiary/aromatic N) is 6. The minimum atomic E-state index is -0.0535. The lowest BCUT2D eigenvalue weighted by Gasteiger charge is -2.03. The molecule has 0 aliphatic carbocycles. The molecule has 12 nitrogen and oxygen atoms in total. The molecule has 198 valence electrons. The van der Waals surface area contributed by atoms with Crippen molar-refractivity contribution in [2.75, 3.05) is 17.7 Å². The van der Waals surface area contributed by atoms with Crippen molar-refractivity contribution < 1.29 is 9.84 Å². The highest BCUT2D eigenvalue weighted by molar-refractivity contribution is 7.16. The molecule has 0 saturated heterocycles. The molecule has 5 N–H and O–H groups in total. The van der Waals surface area contributed by atoms with E-state index in [9.17, 15) is 5.11 Å². The molecular formula is C25H24N10O2S2. The first-order valence-corrected chi connectivity index (χ1v) is 13.3. The SMILES string of the molecule is COc1cccc(Nc2nc(-c3cn[nH]c3)c(C)s2)n1.OCc1sc(Nc2ccccn2)nc1-c1cn[nH]c1. The molecule has 6 aromatic heterocycles. The van der Waals surface area contributed by atoms with Crippen LogP contribution in [0.1, 0.15) is 9.75 Å². The Balaban J connectivity index is 0.000000158. The van der Waals surface area contributed by atoms with Gasteiger partial charge in [-0.3, -0.25) is 10.2 Å².